The van der Waals surface area contributed by atoms with E-state index < -0.39 is 6.04 Å². The first kappa shape index (κ1) is 18.0. The van der Waals surface area contributed by atoms with Crippen LogP contribution in [0.1, 0.15) is 17.6 Å². The molecule has 1 aromatic rings. The fourth-order valence-corrected chi connectivity index (χ4v) is 1.64. The number of aryl methyl sites for hydroxylation is 1. The summed E-state index contributed by atoms with van der Waals surface area (Å²) in [5.74, 6) is -0.114. The first-order valence-electron chi connectivity index (χ1n) is 4.54. The van der Waals surface area contributed by atoms with Crippen molar-refractivity contribution in [1.82, 2.24) is 10.3 Å². The Bertz CT molecular complexity index is 317. The molecule has 1 rings (SSSR count). The summed E-state index contributed by atoms with van der Waals surface area (Å²) in [5.41, 5.74) is 6.42. The van der Waals surface area contributed by atoms with Crippen molar-refractivity contribution in [2.24, 2.45) is 5.73 Å². The Kier molecular flexibility index (Phi) is 9.86. The van der Waals surface area contributed by atoms with Gasteiger partial charge in [0.2, 0.25) is 5.91 Å². The summed E-state index contributed by atoms with van der Waals surface area (Å²) in [6.07, 6.45) is 0.767. The van der Waals surface area contributed by atoms with Crippen LogP contribution in [0.2, 0.25) is 0 Å². The van der Waals surface area contributed by atoms with Crippen molar-refractivity contribution < 1.29 is 4.79 Å². The molecular formula is C9H17Cl2N3OS. The Morgan fingerprint density at radius 3 is 2.69 bits per heavy atom. The van der Waals surface area contributed by atoms with Crippen LogP contribution in [0, 0.1) is 6.92 Å². The van der Waals surface area contributed by atoms with Crippen molar-refractivity contribution >= 4 is 42.1 Å². The Labute approximate surface area is 112 Å². The molecule has 1 heterocycles. The highest BCUT2D eigenvalue weighted by molar-refractivity contribution is 7.09. The highest BCUT2D eigenvalue weighted by Gasteiger charge is 2.06. The molecule has 16 heavy (non-hydrogen) atoms. The molecule has 4 nitrogen and oxygen atoms in total. The number of aromatic nitrogens is 1. The quantitative estimate of drug-likeness (QED) is 0.876. The van der Waals surface area contributed by atoms with Gasteiger partial charge in [-0.2, -0.15) is 0 Å². The summed E-state index contributed by atoms with van der Waals surface area (Å²) in [7, 11) is 0. The number of rotatable bonds is 4. The summed E-state index contributed by atoms with van der Waals surface area (Å²) in [6.45, 7) is 4.24. The maximum atomic E-state index is 11.1. The fourth-order valence-electron chi connectivity index (χ4n) is 0.998. The molecule has 7 heteroatoms. The smallest absolute Gasteiger partial charge is 0.236 e. The van der Waals surface area contributed by atoms with E-state index in [1.165, 1.54) is 0 Å². The summed E-state index contributed by atoms with van der Waals surface area (Å²) in [6, 6.07) is -0.438. The Balaban J connectivity index is 0. The number of hydrogen-bond donors (Lipinski definition) is 2. The Hall–Kier alpha value is -0.360. The minimum absolute atomic E-state index is 0. The largest absolute Gasteiger partial charge is 0.354 e. The number of nitrogens with two attached hydrogens (primary N) is 1. The van der Waals surface area contributed by atoms with E-state index in [9.17, 15) is 4.79 Å². The van der Waals surface area contributed by atoms with Gasteiger partial charge in [-0.15, -0.1) is 36.2 Å². The minimum Gasteiger partial charge on any atom is -0.354 e. The van der Waals surface area contributed by atoms with Crippen LogP contribution in [-0.4, -0.2) is 23.5 Å². The van der Waals surface area contributed by atoms with Gasteiger partial charge in [-0.1, -0.05) is 0 Å². The molecule has 3 N–H and O–H groups in total. The van der Waals surface area contributed by atoms with E-state index in [1.54, 1.807) is 18.3 Å². The van der Waals surface area contributed by atoms with E-state index in [4.69, 9.17) is 5.73 Å². The zero-order chi connectivity index (χ0) is 10.6. The average molecular weight is 286 g/mol. The molecule has 1 unspecified atom stereocenters. The summed E-state index contributed by atoms with van der Waals surface area (Å²) >= 11 is 1.62. The van der Waals surface area contributed by atoms with Gasteiger partial charge in [0.25, 0.3) is 0 Å². The number of nitrogens with zero attached hydrogens (tertiary/aromatic N) is 1. The van der Waals surface area contributed by atoms with Crippen LogP contribution >= 0.6 is 36.2 Å². The Morgan fingerprint density at radius 2 is 2.25 bits per heavy atom. The van der Waals surface area contributed by atoms with Crippen molar-refractivity contribution in [2.45, 2.75) is 26.3 Å². The van der Waals surface area contributed by atoms with Gasteiger partial charge in [0.1, 0.15) is 0 Å². The van der Waals surface area contributed by atoms with Crippen LogP contribution < -0.4 is 11.1 Å². The summed E-state index contributed by atoms with van der Waals surface area (Å²) in [5, 5.41) is 5.80. The third-order valence-corrected chi connectivity index (χ3v) is 2.58. The molecule has 0 bridgehead atoms. The molecule has 0 radical (unpaired) electrons. The molecular weight excluding hydrogens is 269 g/mol. The monoisotopic (exact) mass is 285 g/mol. The number of carbonyl (C=O) groups excluding carboxylic acids is 1. The highest BCUT2D eigenvalue weighted by Crippen LogP contribution is 2.07. The normalized spacial score (nSPS) is 10.9. The van der Waals surface area contributed by atoms with Gasteiger partial charge in [0, 0.05) is 18.3 Å². The van der Waals surface area contributed by atoms with Crippen molar-refractivity contribution in [1.29, 1.82) is 0 Å². The zero-order valence-electron chi connectivity index (χ0n) is 9.23. The van der Waals surface area contributed by atoms with Crippen LogP contribution in [0.5, 0.6) is 0 Å². The molecule has 94 valence electrons. The van der Waals surface area contributed by atoms with Gasteiger partial charge in [-0.3, -0.25) is 4.79 Å². The molecule has 1 amide bonds. The van der Waals surface area contributed by atoms with Crippen molar-refractivity contribution in [2.75, 3.05) is 6.54 Å². The third-order valence-electron chi connectivity index (χ3n) is 1.76. The number of halogens is 2. The van der Waals surface area contributed by atoms with Gasteiger partial charge < -0.3 is 11.1 Å². The fraction of sp³-hybridized carbons (Fsp3) is 0.556. The standard InChI is InChI=1S/C9H15N3OS.2ClH/c1-6(10)9(13)11-4-3-8-5-14-7(2)12-8;;/h5-6H,3-4,10H2,1-2H3,(H,11,13);2*1H. The maximum absolute atomic E-state index is 11.1. The molecule has 0 saturated heterocycles. The van der Waals surface area contributed by atoms with Crippen LogP contribution in [0.15, 0.2) is 5.38 Å². The first-order chi connectivity index (χ1) is 6.59. The van der Waals surface area contributed by atoms with Gasteiger partial charge in [0.05, 0.1) is 16.7 Å². The predicted molar refractivity (Wildman–Crippen MR) is 71.7 cm³/mol. The lowest BCUT2D eigenvalue weighted by Crippen LogP contribution is -2.39. The average Bonchev–Trinajstić information content (AvgIpc) is 2.51. The van der Waals surface area contributed by atoms with E-state index >= 15 is 0 Å². The number of nitrogens with one attached hydrogen (secondary N) is 1. The minimum atomic E-state index is -0.438. The third kappa shape index (κ3) is 6.27. The van der Waals surface area contributed by atoms with Crippen molar-refractivity contribution in [3.8, 4) is 0 Å². The maximum Gasteiger partial charge on any atom is 0.236 e. The molecule has 1 aromatic heterocycles. The zero-order valence-corrected chi connectivity index (χ0v) is 11.7. The van der Waals surface area contributed by atoms with Crippen LogP contribution in [0.4, 0.5) is 0 Å². The Morgan fingerprint density at radius 1 is 1.62 bits per heavy atom. The first-order valence-corrected chi connectivity index (χ1v) is 5.42. The molecule has 0 aromatic carbocycles. The van der Waals surface area contributed by atoms with E-state index in [0.29, 0.717) is 6.54 Å². The number of carbonyl (C=O) groups is 1. The second-order valence-corrected chi connectivity index (χ2v) is 4.25. The lowest BCUT2D eigenvalue weighted by Gasteiger charge is -2.05. The lowest BCUT2D eigenvalue weighted by molar-refractivity contribution is -0.121. The van der Waals surface area contributed by atoms with Gasteiger partial charge >= 0.3 is 0 Å². The van der Waals surface area contributed by atoms with Gasteiger partial charge in [-0.25, -0.2) is 4.98 Å². The van der Waals surface area contributed by atoms with Gasteiger partial charge in [-0.05, 0) is 13.8 Å². The van der Waals surface area contributed by atoms with Crippen molar-refractivity contribution in [3.05, 3.63) is 16.1 Å². The summed E-state index contributed by atoms with van der Waals surface area (Å²) in [4.78, 5) is 15.4. The van der Waals surface area contributed by atoms with Crippen LogP contribution in [0.25, 0.3) is 0 Å². The summed E-state index contributed by atoms with van der Waals surface area (Å²) < 4.78 is 0. The molecule has 0 aliphatic carbocycles. The van der Waals surface area contributed by atoms with Crippen molar-refractivity contribution in [3.63, 3.8) is 0 Å². The topological polar surface area (TPSA) is 68.0 Å². The van der Waals surface area contributed by atoms with Gasteiger partial charge in [0.15, 0.2) is 0 Å². The van der Waals surface area contributed by atoms with E-state index in [1.807, 2.05) is 12.3 Å². The molecule has 0 saturated carbocycles. The molecule has 0 aliphatic rings. The van der Waals surface area contributed by atoms with Crippen LogP contribution in [0.3, 0.4) is 0 Å². The lowest BCUT2D eigenvalue weighted by atomic mass is 10.3. The molecule has 1 atom stereocenters. The molecule has 0 aliphatic heterocycles. The van der Waals surface area contributed by atoms with Crippen LogP contribution in [-0.2, 0) is 11.2 Å². The highest BCUT2D eigenvalue weighted by atomic mass is 35.5. The number of amides is 1. The second kappa shape index (κ2) is 8.75. The second-order valence-electron chi connectivity index (χ2n) is 3.19. The molecule has 0 spiro atoms. The predicted octanol–water partition coefficient (Wildman–Crippen LogP) is 1.30. The van der Waals surface area contributed by atoms with E-state index in [2.05, 4.69) is 10.3 Å². The van der Waals surface area contributed by atoms with E-state index in [-0.39, 0.29) is 30.7 Å². The van der Waals surface area contributed by atoms with E-state index in [0.717, 1.165) is 17.1 Å². The SMILES string of the molecule is Cc1nc(CCNC(=O)C(C)N)cs1.Cl.Cl. The molecule has 0 fully saturated rings. The number of thiazole rings is 1. The number of hydrogen-bond acceptors (Lipinski definition) is 4.